The molecule has 0 spiro atoms. The van der Waals surface area contributed by atoms with Gasteiger partial charge in [-0.15, -0.1) is 21.5 Å². The van der Waals surface area contributed by atoms with E-state index >= 15 is 0 Å². The van der Waals surface area contributed by atoms with Crippen molar-refractivity contribution in [1.29, 1.82) is 0 Å². The van der Waals surface area contributed by atoms with Crippen LogP contribution in [0.3, 0.4) is 0 Å². The molecule has 0 radical (unpaired) electrons. The predicted molar refractivity (Wildman–Crippen MR) is 75.1 cm³/mol. The third-order valence-corrected chi connectivity index (χ3v) is 4.66. The van der Waals surface area contributed by atoms with Gasteiger partial charge in [0.15, 0.2) is 5.01 Å². The third kappa shape index (κ3) is 3.13. The first-order valence-corrected chi connectivity index (χ1v) is 7.99. The molecule has 96 valence electrons. The summed E-state index contributed by atoms with van der Waals surface area (Å²) in [5.74, 6) is 0. The first-order chi connectivity index (χ1) is 8.81. The highest BCUT2D eigenvalue weighted by molar-refractivity contribution is 7.15. The Morgan fingerprint density at radius 2 is 2.28 bits per heavy atom. The quantitative estimate of drug-likeness (QED) is 0.827. The van der Waals surface area contributed by atoms with Crippen molar-refractivity contribution in [2.75, 3.05) is 6.54 Å². The molecule has 1 aliphatic carbocycles. The monoisotopic (exact) mass is 280 g/mol. The number of hydrogen-bond donors (Lipinski definition) is 1. The summed E-state index contributed by atoms with van der Waals surface area (Å²) in [7, 11) is 0. The zero-order chi connectivity index (χ0) is 12.4. The molecule has 6 heteroatoms. The van der Waals surface area contributed by atoms with E-state index < -0.39 is 0 Å². The number of nitrogens with one attached hydrogen (secondary N) is 1. The van der Waals surface area contributed by atoms with Gasteiger partial charge in [-0.3, -0.25) is 0 Å². The minimum Gasteiger partial charge on any atom is -0.314 e. The lowest BCUT2D eigenvalue weighted by Crippen LogP contribution is -2.17. The first-order valence-electron chi connectivity index (χ1n) is 6.29. The third-order valence-electron chi connectivity index (χ3n) is 2.88. The summed E-state index contributed by atoms with van der Waals surface area (Å²) in [6.07, 6.45) is 4.86. The van der Waals surface area contributed by atoms with Gasteiger partial charge in [0.05, 0.1) is 5.01 Å². The number of aromatic nitrogens is 3. The Labute approximate surface area is 114 Å². The molecule has 0 atom stereocenters. The fraction of sp³-hybridized carbons (Fsp3) is 0.583. The van der Waals surface area contributed by atoms with Crippen molar-refractivity contribution in [1.82, 2.24) is 20.5 Å². The van der Waals surface area contributed by atoms with Crippen LogP contribution in [0.1, 0.15) is 29.3 Å². The van der Waals surface area contributed by atoms with Crippen molar-refractivity contribution in [3.05, 3.63) is 15.4 Å². The molecule has 1 saturated carbocycles. The van der Waals surface area contributed by atoms with E-state index in [-0.39, 0.29) is 0 Å². The van der Waals surface area contributed by atoms with Gasteiger partial charge in [-0.05, 0) is 32.7 Å². The Bertz CT molecular complexity index is 516. The molecular weight excluding hydrogens is 264 g/mol. The van der Waals surface area contributed by atoms with Gasteiger partial charge in [0.25, 0.3) is 0 Å². The molecule has 1 aliphatic rings. The summed E-state index contributed by atoms with van der Waals surface area (Å²) in [6.45, 7) is 3.11. The molecule has 0 bridgehead atoms. The molecule has 18 heavy (non-hydrogen) atoms. The van der Waals surface area contributed by atoms with E-state index in [1.165, 1.54) is 12.8 Å². The van der Waals surface area contributed by atoms with Crippen LogP contribution in [-0.4, -0.2) is 27.8 Å². The van der Waals surface area contributed by atoms with Crippen molar-refractivity contribution < 1.29 is 0 Å². The largest absolute Gasteiger partial charge is 0.314 e. The molecule has 1 fully saturated rings. The lowest BCUT2D eigenvalue weighted by Gasteiger charge is -1.99. The SMILES string of the molecule is Cc1nc(-c2nnc(CCCNC3CC3)s2)cs1. The van der Waals surface area contributed by atoms with E-state index in [1.807, 2.05) is 12.3 Å². The maximum atomic E-state index is 4.44. The van der Waals surface area contributed by atoms with E-state index in [4.69, 9.17) is 0 Å². The molecule has 2 heterocycles. The number of thiazole rings is 1. The van der Waals surface area contributed by atoms with Gasteiger partial charge in [0.1, 0.15) is 10.7 Å². The number of nitrogens with zero attached hydrogens (tertiary/aromatic N) is 3. The van der Waals surface area contributed by atoms with Crippen LogP contribution in [-0.2, 0) is 6.42 Å². The van der Waals surface area contributed by atoms with Crippen LogP contribution in [0, 0.1) is 6.92 Å². The average molecular weight is 280 g/mol. The second-order valence-electron chi connectivity index (χ2n) is 4.58. The minimum absolute atomic E-state index is 0.799. The van der Waals surface area contributed by atoms with Gasteiger partial charge >= 0.3 is 0 Å². The van der Waals surface area contributed by atoms with Crippen molar-refractivity contribution in [3.8, 4) is 10.7 Å². The van der Waals surface area contributed by atoms with Gasteiger partial charge in [-0.1, -0.05) is 11.3 Å². The van der Waals surface area contributed by atoms with Crippen LogP contribution in [0.15, 0.2) is 5.38 Å². The van der Waals surface area contributed by atoms with Crippen molar-refractivity contribution in [3.63, 3.8) is 0 Å². The standard InChI is InChI=1S/C12H16N4S2/c1-8-14-10(7-17-8)12-16-15-11(18-12)3-2-6-13-9-4-5-9/h7,9,13H,2-6H2,1H3. The van der Waals surface area contributed by atoms with Crippen LogP contribution in [0.25, 0.3) is 10.7 Å². The fourth-order valence-electron chi connectivity index (χ4n) is 1.75. The Morgan fingerprint density at radius 3 is 3.00 bits per heavy atom. The summed E-state index contributed by atoms with van der Waals surface area (Å²) in [4.78, 5) is 4.44. The van der Waals surface area contributed by atoms with E-state index in [0.29, 0.717) is 0 Å². The number of aryl methyl sites for hydroxylation is 2. The fourth-order valence-corrected chi connectivity index (χ4v) is 3.27. The lowest BCUT2D eigenvalue weighted by atomic mass is 10.3. The second kappa shape index (κ2) is 5.42. The zero-order valence-electron chi connectivity index (χ0n) is 10.3. The van der Waals surface area contributed by atoms with Gasteiger partial charge in [-0.2, -0.15) is 0 Å². The first kappa shape index (κ1) is 12.2. The van der Waals surface area contributed by atoms with E-state index in [9.17, 15) is 0 Å². The molecule has 0 aliphatic heterocycles. The number of hydrogen-bond acceptors (Lipinski definition) is 6. The van der Waals surface area contributed by atoms with Crippen molar-refractivity contribution >= 4 is 22.7 Å². The van der Waals surface area contributed by atoms with Crippen molar-refractivity contribution in [2.24, 2.45) is 0 Å². The van der Waals surface area contributed by atoms with Crippen LogP contribution >= 0.6 is 22.7 Å². The predicted octanol–water partition coefficient (Wildman–Crippen LogP) is 2.65. The molecule has 1 N–H and O–H groups in total. The Balaban J connectivity index is 1.52. The summed E-state index contributed by atoms with van der Waals surface area (Å²) >= 11 is 3.33. The molecule has 2 aromatic rings. The van der Waals surface area contributed by atoms with Crippen LogP contribution in [0.4, 0.5) is 0 Å². The van der Waals surface area contributed by atoms with Gasteiger partial charge in [0, 0.05) is 17.8 Å². The number of rotatable bonds is 6. The molecule has 0 amide bonds. The van der Waals surface area contributed by atoms with E-state index in [2.05, 4.69) is 20.5 Å². The van der Waals surface area contributed by atoms with Gasteiger partial charge in [0.2, 0.25) is 0 Å². The Morgan fingerprint density at radius 1 is 1.39 bits per heavy atom. The maximum Gasteiger partial charge on any atom is 0.167 e. The molecule has 0 aromatic carbocycles. The minimum atomic E-state index is 0.799. The maximum absolute atomic E-state index is 4.44. The summed E-state index contributed by atoms with van der Waals surface area (Å²) in [5.41, 5.74) is 0.970. The molecular formula is C12H16N4S2. The van der Waals surface area contributed by atoms with E-state index in [1.54, 1.807) is 22.7 Å². The van der Waals surface area contributed by atoms with E-state index in [0.717, 1.165) is 46.1 Å². The molecule has 0 unspecified atom stereocenters. The highest BCUT2D eigenvalue weighted by Gasteiger charge is 2.19. The van der Waals surface area contributed by atoms with Gasteiger partial charge < -0.3 is 5.32 Å². The Hall–Kier alpha value is -0.850. The highest BCUT2D eigenvalue weighted by Crippen LogP contribution is 2.25. The van der Waals surface area contributed by atoms with Crippen LogP contribution in [0.5, 0.6) is 0 Å². The average Bonchev–Trinajstić information content (AvgIpc) is 2.88. The summed E-state index contributed by atoms with van der Waals surface area (Å²) in [5, 5.41) is 17.2. The highest BCUT2D eigenvalue weighted by atomic mass is 32.1. The molecule has 3 rings (SSSR count). The smallest absolute Gasteiger partial charge is 0.167 e. The zero-order valence-corrected chi connectivity index (χ0v) is 12.0. The molecule has 4 nitrogen and oxygen atoms in total. The van der Waals surface area contributed by atoms with Crippen LogP contribution < -0.4 is 5.32 Å². The lowest BCUT2D eigenvalue weighted by molar-refractivity contribution is 0.643. The molecule has 0 saturated heterocycles. The summed E-state index contributed by atoms with van der Waals surface area (Å²) < 4.78 is 0. The second-order valence-corrected chi connectivity index (χ2v) is 6.71. The normalized spacial score (nSPS) is 15.2. The summed E-state index contributed by atoms with van der Waals surface area (Å²) in [6, 6.07) is 0.799. The van der Waals surface area contributed by atoms with Gasteiger partial charge in [-0.25, -0.2) is 4.98 Å². The van der Waals surface area contributed by atoms with Crippen LogP contribution in [0.2, 0.25) is 0 Å². The Kier molecular flexibility index (Phi) is 3.67. The topological polar surface area (TPSA) is 50.7 Å². The molecule has 2 aromatic heterocycles. The van der Waals surface area contributed by atoms with Crippen molar-refractivity contribution in [2.45, 2.75) is 38.6 Å².